The lowest BCUT2D eigenvalue weighted by Crippen LogP contribution is -2.16. The number of nitrogens with zero attached hydrogens (tertiary/aromatic N) is 2. The second-order valence-electron chi connectivity index (χ2n) is 4.82. The van der Waals surface area contributed by atoms with E-state index in [1.54, 1.807) is 12.3 Å². The highest BCUT2D eigenvalue weighted by Gasteiger charge is 2.23. The van der Waals surface area contributed by atoms with Gasteiger partial charge in [-0.05, 0) is 48.2 Å². The zero-order chi connectivity index (χ0) is 13.4. The van der Waals surface area contributed by atoms with Crippen LogP contribution in [0, 0.1) is 12.7 Å². The van der Waals surface area contributed by atoms with Crippen molar-refractivity contribution in [2.75, 3.05) is 11.4 Å². The minimum absolute atomic E-state index is 0.0145. The van der Waals surface area contributed by atoms with Crippen molar-refractivity contribution in [2.45, 2.75) is 20.0 Å². The first-order valence-electron chi connectivity index (χ1n) is 6.31. The zero-order valence-corrected chi connectivity index (χ0v) is 10.7. The lowest BCUT2D eigenvalue weighted by atomic mass is 10.1. The summed E-state index contributed by atoms with van der Waals surface area (Å²) in [5.41, 5.74) is 3.82. The number of hydrogen-bond acceptors (Lipinski definition) is 3. The van der Waals surface area contributed by atoms with Crippen LogP contribution < -0.4 is 4.90 Å². The van der Waals surface area contributed by atoms with Gasteiger partial charge >= 0.3 is 0 Å². The Morgan fingerprint density at radius 2 is 2.21 bits per heavy atom. The highest BCUT2D eigenvalue weighted by atomic mass is 19.1. The maximum atomic E-state index is 13.4. The maximum absolute atomic E-state index is 13.4. The minimum Gasteiger partial charge on any atom is -0.392 e. The molecule has 19 heavy (non-hydrogen) atoms. The minimum atomic E-state index is -0.227. The van der Waals surface area contributed by atoms with Crippen LogP contribution in [0.3, 0.4) is 0 Å². The first-order valence-corrected chi connectivity index (χ1v) is 6.31. The number of aliphatic hydroxyl groups is 1. The molecule has 1 aromatic carbocycles. The molecule has 1 N–H and O–H groups in total. The number of aromatic nitrogens is 1. The van der Waals surface area contributed by atoms with Crippen LogP contribution in [0.15, 0.2) is 30.5 Å². The molecule has 98 valence electrons. The Morgan fingerprint density at radius 3 is 2.95 bits per heavy atom. The highest BCUT2D eigenvalue weighted by molar-refractivity contribution is 5.69. The molecule has 1 aliphatic heterocycles. The Bertz CT molecular complexity index is 628. The average molecular weight is 258 g/mol. The Hall–Kier alpha value is -1.94. The van der Waals surface area contributed by atoms with E-state index < -0.39 is 0 Å². The van der Waals surface area contributed by atoms with Crippen LogP contribution in [0.4, 0.5) is 15.9 Å². The fourth-order valence-electron chi connectivity index (χ4n) is 2.57. The number of aliphatic hydroxyl groups excluding tert-OH is 1. The van der Waals surface area contributed by atoms with Gasteiger partial charge in [0.15, 0.2) is 0 Å². The van der Waals surface area contributed by atoms with Crippen LogP contribution in [-0.4, -0.2) is 16.6 Å². The van der Waals surface area contributed by atoms with Gasteiger partial charge in [-0.3, -0.25) is 0 Å². The van der Waals surface area contributed by atoms with Crippen molar-refractivity contribution in [2.24, 2.45) is 0 Å². The molecule has 0 spiro atoms. The van der Waals surface area contributed by atoms with Gasteiger partial charge in [0.05, 0.1) is 6.61 Å². The molecule has 3 nitrogen and oxygen atoms in total. The van der Waals surface area contributed by atoms with Gasteiger partial charge < -0.3 is 10.0 Å². The van der Waals surface area contributed by atoms with Crippen molar-refractivity contribution >= 4 is 11.5 Å². The van der Waals surface area contributed by atoms with Crippen LogP contribution in [-0.2, 0) is 13.0 Å². The number of pyridine rings is 1. The molecule has 3 rings (SSSR count). The molecule has 2 aromatic rings. The first kappa shape index (κ1) is 12.1. The topological polar surface area (TPSA) is 36.4 Å². The normalized spacial score (nSPS) is 13.7. The van der Waals surface area contributed by atoms with Crippen molar-refractivity contribution in [3.05, 3.63) is 53.0 Å². The molecule has 0 atom stereocenters. The Kier molecular flexibility index (Phi) is 2.95. The van der Waals surface area contributed by atoms with Crippen LogP contribution in [0.5, 0.6) is 0 Å². The van der Waals surface area contributed by atoms with Crippen LogP contribution >= 0.6 is 0 Å². The fourth-order valence-corrected chi connectivity index (χ4v) is 2.57. The van der Waals surface area contributed by atoms with Crippen molar-refractivity contribution in [1.82, 2.24) is 4.98 Å². The lowest BCUT2D eigenvalue weighted by molar-refractivity contribution is 0.281. The van der Waals surface area contributed by atoms with Gasteiger partial charge in [0.2, 0.25) is 0 Å². The molecule has 0 unspecified atom stereocenters. The Labute approximate surface area is 111 Å². The molecule has 2 heterocycles. The van der Waals surface area contributed by atoms with Crippen molar-refractivity contribution in [3.8, 4) is 0 Å². The number of fused-ring (bicyclic) bond motifs is 1. The number of aryl methyl sites for hydroxylation is 1. The number of hydrogen-bond donors (Lipinski definition) is 1. The molecule has 0 bridgehead atoms. The monoisotopic (exact) mass is 258 g/mol. The van der Waals surface area contributed by atoms with Crippen LogP contribution in [0.1, 0.15) is 16.7 Å². The second kappa shape index (κ2) is 4.63. The summed E-state index contributed by atoms with van der Waals surface area (Å²) in [6.07, 6.45) is 2.57. The van der Waals surface area contributed by atoms with Crippen molar-refractivity contribution in [1.29, 1.82) is 0 Å². The largest absolute Gasteiger partial charge is 0.392 e. The molecule has 0 amide bonds. The number of benzene rings is 1. The number of halogens is 1. The summed E-state index contributed by atoms with van der Waals surface area (Å²) in [5, 5.41) is 9.11. The molecule has 0 saturated carbocycles. The summed E-state index contributed by atoms with van der Waals surface area (Å²) < 4.78 is 13.4. The smallest absolute Gasteiger partial charge is 0.135 e. The van der Waals surface area contributed by atoms with E-state index in [9.17, 15) is 4.39 Å². The van der Waals surface area contributed by atoms with Gasteiger partial charge in [-0.25, -0.2) is 9.37 Å². The van der Waals surface area contributed by atoms with Gasteiger partial charge in [0.25, 0.3) is 0 Å². The van der Waals surface area contributed by atoms with Gasteiger partial charge in [0.1, 0.15) is 11.6 Å². The van der Waals surface area contributed by atoms with E-state index in [2.05, 4.69) is 4.98 Å². The van der Waals surface area contributed by atoms with E-state index in [1.807, 2.05) is 24.0 Å². The van der Waals surface area contributed by atoms with Crippen molar-refractivity contribution in [3.63, 3.8) is 0 Å². The molecule has 0 saturated heterocycles. The van der Waals surface area contributed by atoms with Crippen LogP contribution in [0.2, 0.25) is 0 Å². The number of rotatable bonds is 2. The predicted molar refractivity (Wildman–Crippen MR) is 72.0 cm³/mol. The van der Waals surface area contributed by atoms with E-state index in [0.717, 1.165) is 41.2 Å². The molecule has 0 radical (unpaired) electrons. The van der Waals surface area contributed by atoms with Gasteiger partial charge in [-0.2, -0.15) is 0 Å². The van der Waals surface area contributed by atoms with E-state index in [4.69, 9.17) is 5.11 Å². The molecule has 1 aliphatic rings. The molecular formula is C15H15FN2O. The lowest BCUT2D eigenvalue weighted by Gasteiger charge is -2.20. The summed E-state index contributed by atoms with van der Waals surface area (Å²) in [6.45, 7) is 2.75. The Morgan fingerprint density at radius 1 is 1.37 bits per heavy atom. The fraction of sp³-hybridized carbons (Fsp3) is 0.267. The summed E-state index contributed by atoms with van der Waals surface area (Å²) in [7, 11) is 0. The zero-order valence-electron chi connectivity index (χ0n) is 10.7. The standard InChI is InChI=1S/C15H15FN2O/c1-10-6-11(9-19)8-17-15(10)18-5-4-12-2-3-13(16)7-14(12)18/h2-3,6-8,19H,4-5,9H2,1H3. The third-order valence-electron chi connectivity index (χ3n) is 3.49. The van der Waals surface area contributed by atoms with Gasteiger partial charge in [-0.15, -0.1) is 0 Å². The summed E-state index contributed by atoms with van der Waals surface area (Å²) in [5.74, 6) is 0.608. The van der Waals surface area contributed by atoms with E-state index in [1.165, 1.54) is 6.07 Å². The second-order valence-corrected chi connectivity index (χ2v) is 4.82. The van der Waals surface area contributed by atoms with Crippen LogP contribution in [0.25, 0.3) is 0 Å². The summed E-state index contributed by atoms with van der Waals surface area (Å²) in [4.78, 5) is 6.44. The van der Waals surface area contributed by atoms with E-state index in [-0.39, 0.29) is 12.4 Å². The van der Waals surface area contributed by atoms with Gasteiger partial charge in [-0.1, -0.05) is 6.07 Å². The van der Waals surface area contributed by atoms with E-state index >= 15 is 0 Å². The van der Waals surface area contributed by atoms with E-state index in [0.29, 0.717) is 0 Å². The SMILES string of the molecule is Cc1cc(CO)cnc1N1CCc2ccc(F)cc21. The first-order chi connectivity index (χ1) is 9.19. The van der Waals surface area contributed by atoms with Gasteiger partial charge in [0, 0.05) is 18.4 Å². The quantitative estimate of drug-likeness (QED) is 0.899. The Balaban J connectivity index is 2.04. The maximum Gasteiger partial charge on any atom is 0.135 e. The third kappa shape index (κ3) is 2.08. The third-order valence-corrected chi connectivity index (χ3v) is 3.49. The molecular weight excluding hydrogens is 243 g/mol. The molecule has 1 aromatic heterocycles. The average Bonchev–Trinajstić information content (AvgIpc) is 2.81. The predicted octanol–water partition coefficient (Wildman–Crippen LogP) is 2.72. The number of anilines is 2. The highest BCUT2D eigenvalue weighted by Crippen LogP contribution is 2.35. The summed E-state index contributed by atoms with van der Waals surface area (Å²) in [6, 6.07) is 6.81. The van der Waals surface area contributed by atoms with Crippen molar-refractivity contribution < 1.29 is 9.50 Å². The molecule has 0 fully saturated rings. The molecule has 4 heteroatoms. The molecule has 0 aliphatic carbocycles. The summed E-state index contributed by atoms with van der Waals surface area (Å²) >= 11 is 0.